The van der Waals surface area contributed by atoms with Crippen molar-refractivity contribution in [1.82, 2.24) is 4.90 Å². The second kappa shape index (κ2) is 12.3. The summed E-state index contributed by atoms with van der Waals surface area (Å²) < 4.78 is 7.28. The summed E-state index contributed by atoms with van der Waals surface area (Å²) in [4.78, 5) is 20.7. The Morgan fingerprint density at radius 3 is 2.95 bits per heavy atom. The highest BCUT2D eigenvalue weighted by Crippen LogP contribution is 2.35. The van der Waals surface area contributed by atoms with Gasteiger partial charge in [0, 0.05) is 30.8 Å². The van der Waals surface area contributed by atoms with Gasteiger partial charge in [-0.05, 0) is 86.5 Å². The molecular weight excluding hydrogens is 482 g/mol. The number of nitrogens with zero attached hydrogens (tertiary/aromatic N) is 3. The van der Waals surface area contributed by atoms with Crippen molar-refractivity contribution < 1.29 is 9.53 Å². The van der Waals surface area contributed by atoms with E-state index in [-0.39, 0.29) is 0 Å². The molecule has 2 aromatic carbocycles. The van der Waals surface area contributed by atoms with Crippen LogP contribution in [0.1, 0.15) is 43.2 Å². The molecule has 0 spiro atoms. The van der Waals surface area contributed by atoms with Crippen LogP contribution in [-0.4, -0.2) is 56.8 Å². The molecule has 0 radical (unpaired) electrons. The second-order valence-corrected chi connectivity index (χ2v) is 10.9. The summed E-state index contributed by atoms with van der Waals surface area (Å²) in [6.07, 6.45) is 6.86. The van der Waals surface area contributed by atoms with Crippen LogP contribution in [-0.2, 0) is 6.42 Å². The molecular formula is C29H36N5O2S+. The third-order valence-electron chi connectivity index (χ3n) is 7.06. The van der Waals surface area contributed by atoms with Crippen molar-refractivity contribution in [1.29, 1.82) is 0 Å². The minimum absolute atomic E-state index is 0.544. The predicted octanol–water partition coefficient (Wildman–Crippen LogP) is 5.78. The number of amides is 2. The average molecular weight is 519 g/mol. The molecule has 1 saturated heterocycles. The Balaban J connectivity index is 1.07. The maximum atomic E-state index is 11.1. The molecule has 3 heterocycles. The van der Waals surface area contributed by atoms with Crippen LogP contribution in [0.2, 0.25) is 0 Å². The maximum absolute atomic E-state index is 11.1. The molecule has 2 aliphatic rings. The molecule has 8 heteroatoms. The monoisotopic (exact) mass is 518 g/mol. The lowest BCUT2D eigenvalue weighted by atomic mass is 10.1. The Labute approximate surface area is 223 Å². The van der Waals surface area contributed by atoms with Gasteiger partial charge in [-0.15, -0.1) is 11.3 Å². The summed E-state index contributed by atoms with van der Waals surface area (Å²) in [6, 6.07) is 17.3. The minimum Gasteiger partial charge on any atom is -0.491 e. The van der Waals surface area contributed by atoms with Gasteiger partial charge in [0.05, 0.1) is 17.3 Å². The third kappa shape index (κ3) is 6.73. The quantitative estimate of drug-likeness (QED) is 0.406. The summed E-state index contributed by atoms with van der Waals surface area (Å²) in [6.45, 7) is 7.10. The fourth-order valence-corrected chi connectivity index (χ4v) is 6.13. The van der Waals surface area contributed by atoms with E-state index in [0.717, 1.165) is 98.0 Å². The number of carbonyl (C=O) groups is 1. The van der Waals surface area contributed by atoms with Crippen LogP contribution in [0.15, 0.2) is 42.5 Å². The number of ether oxygens (including phenoxy) is 1. The van der Waals surface area contributed by atoms with Gasteiger partial charge in [-0.3, -0.25) is 5.32 Å². The number of aryl methyl sites for hydroxylation is 1. The highest BCUT2D eigenvalue weighted by molar-refractivity contribution is 7.22. The number of benzene rings is 2. The number of carbonyl (C=O) groups excluding carboxylic acids is 1. The van der Waals surface area contributed by atoms with Crippen LogP contribution in [0.25, 0.3) is 14.9 Å². The zero-order valence-corrected chi connectivity index (χ0v) is 22.2. The molecule has 2 aliphatic heterocycles. The van der Waals surface area contributed by atoms with Gasteiger partial charge in [0.2, 0.25) is 0 Å². The first-order valence-corrected chi connectivity index (χ1v) is 14.2. The number of thiophene rings is 1. The molecule has 2 amide bonds. The van der Waals surface area contributed by atoms with Crippen molar-refractivity contribution in [2.24, 2.45) is 5.73 Å². The Bertz CT molecular complexity index is 1290. The largest absolute Gasteiger partial charge is 0.491 e. The van der Waals surface area contributed by atoms with E-state index in [1.165, 1.54) is 35.4 Å². The summed E-state index contributed by atoms with van der Waals surface area (Å²) in [5, 5.41) is 4.44. The molecule has 3 aromatic rings. The molecule has 0 saturated carbocycles. The number of hydrogen-bond donors (Lipinski definition) is 2. The summed E-state index contributed by atoms with van der Waals surface area (Å²) in [5.41, 5.74) is 8.82. The lowest BCUT2D eigenvalue weighted by Gasteiger charge is -2.26. The normalized spacial score (nSPS) is 16.2. The van der Waals surface area contributed by atoms with E-state index in [1.807, 2.05) is 24.3 Å². The first-order chi connectivity index (χ1) is 18.2. The first kappa shape index (κ1) is 25.4. The molecule has 0 atom stereocenters. The highest BCUT2D eigenvalue weighted by atomic mass is 32.1. The van der Waals surface area contributed by atoms with Gasteiger partial charge in [-0.25, -0.2) is 4.79 Å². The topological polar surface area (TPSA) is 75.2 Å². The molecule has 0 aliphatic carbocycles. The summed E-state index contributed by atoms with van der Waals surface area (Å²) >= 11 is 1.51. The Morgan fingerprint density at radius 2 is 2.03 bits per heavy atom. The standard InChI is InChI=1S/C29H35N5O2S/c30-29(35)32-27-20-24-19-22(10-11-26(24)37-27)21-31-12-2-3-13-33-14-6-15-34(17-16-33)25-9-5-8-23-7-1-4-18-36-28(23)25/h5,8-11,19-20H,1-4,6-7,12-18H2,(H2-,30,32,35)/p+1. The molecule has 37 heavy (non-hydrogen) atoms. The van der Waals surface area contributed by atoms with Crippen molar-refractivity contribution in [3.63, 3.8) is 0 Å². The molecule has 0 unspecified atom stereocenters. The van der Waals surface area contributed by atoms with Crippen molar-refractivity contribution in [2.75, 3.05) is 56.1 Å². The molecule has 5 rings (SSSR count). The zero-order chi connectivity index (χ0) is 25.5. The van der Waals surface area contributed by atoms with Gasteiger partial charge in [0.1, 0.15) is 11.3 Å². The van der Waals surface area contributed by atoms with Crippen molar-refractivity contribution >= 4 is 38.1 Å². The van der Waals surface area contributed by atoms with E-state index < -0.39 is 6.03 Å². The van der Waals surface area contributed by atoms with E-state index in [4.69, 9.17) is 10.5 Å². The Kier molecular flexibility index (Phi) is 8.44. The minimum atomic E-state index is -0.544. The lowest BCUT2D eigenvalue weighted by Crippen LogP contribution is -2.31. The van der Waals surface area contributed by atoms with E-state index in [9.17, 15) is 4.79 Å². The first-order valence-electron chi connectivity index (χ1n) is 13.4. The number of anilines is 2. The zero-order valence-electron chi connectivity index (χ0n) is 21.4. The Morgan fingerprint density at radius 1 is 1.08 bits per heavy atom. The maximum Gasteiger partial charge on any atom is 0.317 e. The third-order valence-corrected chi connectivity index (χ3v) is 8.09. The molecule has 3 N–H and O–H groups in total. The van der Waals surface area contributed by atoms with Gasteiger partial charge in [-0.2, -0.15) is 0 Å². The van der Waals surface area contributed by atoms with Gasteiger partial charge in [-0.1, -0.05) is 17.0 Å². The number of fused-ring (bicyclic) bond motifs is 2. The van der Waals surface area contributed by atoms with Gasteiger partial charge in [0.15, 0.2) is 0 Å². The summed E-state index contributed by atoms with van der Waals surface area (Å²) in [5.74, 6) is 1.13. The number of rotatable bonds is 6. The fourth-order valence-electron chi connectivity index (χ4n) is 5.18. The van der Waals surface area contributed by atoms with E-state index in [1.54, 1.807) is 0 Å². The van der Waals surface area contributed by atoms with Gasteiger partial charge >= 0.3 is 12.1 Å². The summed E-state index contributed by atoms with van der Waals surface area (Å²) in [7, 11) is 0. The number of hydrogen-bond acceptors (Lipinski definition) is 5. The van der Waals surface area contributed by atoms with Gasteiger partial charge < -0.3 is 20.3 Å². The number of unbranched alkanes of at least 4 members (excludes halogenated alkanes) is 1. The molecule has 7 nitrogen and oxygen atoms in total. The van der Waals surface area contributed by atoms with Crippen LogP contribution < -0.4 is 20.7 Å². The number of para-hydroxylation sites is 1. The average Bonchev–Trinajstić information content (AvgIpc) is 3.04. The van der Waals surface area contributed by atoms with Crippen molar-refractivity contribution in [3.05, 3.63) is 58.4 Å². The molecule has 0 bridgehead atoms. The van der Waals surface area contributed by atoms with Gasteiger partial charge in [0.25, 0.3) is 6.54 Å². The van der Waals surface area contributed by atoms with E-state index in [0.29, 0.717) is 0 Å². The van der Waals surface area contributed by atoms with Crippen LogP contribution >= 0.6 is 11.3 Å². The van der Waals surface area contributed by atoms with E-state index >= 15 is 0 Å². The van der Waals surface area contributed by atoms with Crippen molar-refractivity contribution in [3.8, 4) is 11.8 Å². The number of nitrogens with two attached hydrogens (primary N) is 1. The predicted molar refractivity (Wildman–Crippen MR) is 154 cm³/mol. The van der Waals surface area contributed by atoms with Crippen LogP contribution in [0.3, 0.4) is 0 Å². The fraction of sp³-hybridized carbons (Fsp3) is 0.448. The smallest absolute Gasteiger partial charge is 0.317 e. The lowest BCUT2D eigenvalue weighted by molar-refractivity contribution is 0.259. The second-order valence-electron chi connectivity index (χ2n) is 9.81. The molecule has 194 valence electrons. The van der Waals surface area contributed by atoms with Crippen molar-refractivity contribution in [2.45, 2.75) is 38.5 Å². The highest BCUT2D eigenvalue weighted by Gasteiger charge is 2.21. The molecule has 1 aromatic heterocycles. The van der Waals surface area contributed by atoms with Crippen LogP contribution in [0.5, 0.6) is 5.75 Å². The van der Waals surface area contributed by atoms with Crippen LogP contribution in [0, 0.1) is 6.07 Å². The SMILES string of the molecule is NC(=O)Nc1cc2cc(C#[N+]CCCCN3CCCN(c4cccc5c4OCCCC5)CC3)ccc2s1. The number of urea groups is 1. The van der Waals surface area contributed by atoms with Crippen LogP contribution in [0.4, 0.5) is 15.5 Å². The number of primary amides is 1. The molecule has 1 fully saturated rings. The Hall–Kier alpha value is -3.28. The van der Waals surface area contributed by atoms with E-state index in [2.05, 4.69) is 44.2 Å². The number of nitrogens with one attached hydrogen (secondary N) is 1.